The van der Waals surface area contributed by atoms with Gasteiger partial charge in [0.25, 0.3) is 0 Å². The summed E-state index contributed by atoms with van der Waals surface area (Å²) in [5.41, 5.74) is 4.17. The van der Waals surface area contributed by atoms with E-state index in [4.69, 9.17) is 0 Å². The van der Waals surface area contributed by atoms with Crippen LogP contribution in [0, 0.1) is 13.8 Å². The minimum Gasteiger partial charge on any atom is -0.357 e. The van der Waals surface area contributed by atoms with Crippen LogP contribution in [0.3, 0.4) is 0 Å². The van der Waals surface area contributed by atoms with E-state index in [2.05, 4.69) is 26.6 Å². The van der Waals surface area contributed by atoms with Gasteiger partial charge in [-0.3, -0.25) is 0 Å². The number of aryl methyl sites for hydroxylation is 1. The zero-order valence-corrected chi connectivity index (χ0v) is 15.0. The van der Waals surface area contributed by atoms with Crippen molar-refractivity contribution in [3.63, 3.8) is 0 Å². The number of nitrogens with zero attached hydrogens (tertiary/aromatic N) is 2. The highest BCUT2D eigenvalue weighted by molar-refractivity contribution is 5.90. The molecule has 1 aliphatic heterocycles. The van der Waals surface area contributed by atoms with Gasteiger partial charge in [-0.05, 0) is 68.0 Å². The van der Waals surface area contributed by atoms with Crippen LogP contribution in [-0.2, 0) is 6.54 Å². The summed E-state index contributed by atoms with van der Waals surface area (Å²) in [6.45, 7) is 6.67. The van der Waals surface area contributed by atoms with E-state index < -0.39 is 0 Å². The first-order chi connectivity index (χ1) is 12.1. The molecule has 2 aromatic rings. The molecular weight excluding hydrogens is 312 g/mol. The quantitative estimate of drug-likeness (QED) is 0.885. The van der Waals surface area contributed by atoms with Crippen LogP contribution < -0.4 is 15.5 Å². The van der Waals surface area contributed by atoms with E-state index >= 15 is 0 Å². The van der Waals surface area contributed by atoms with Crippen molar-refractivity contribution in [2.75, 3.05) is 23.3 Å². The monoisotopic (exact) mass is 338 g/mol. The molecule has 0 radical (unpaired) electrons. The van der Waals surface area contributed by atoms with Gasteiger partial charge < -0.3 is 15.5 Å². The van der Waals surface area contributed by atoms with Gasteiger partial charge in [-0.25, -0.2) is 9.78 Å². The van der Waals surface area contributed by atoms with Crippen LogP contribution in [0.5, 0.6) is 0 Å². The lowest BCUT2D eigenvalue weighted by molar-refractivity contribution is 0.251. The van der Waals surface area contributed by atoms with Crippen molar-refractivity contribution >= 4 is 17.5 Å². The predicted octanol–water partition coefficient (Wildman–Crippen LogP) is 4.01. The molecule has 0 bridgehead atoms. The molecular formula is C20H26N4O. The molecule has 5 heteroatoms. The van der Waals surface area contributed by atoms with E-state index in [0.717, 1.165) is 41.3 Å². The highest BCUT2D eigenvalue weighted by Crippen LogP contribution is 2.19. The van der Waals surface area contributed by atoms with E-state index in [1.165, 1.54) is 19.3 Å². The molecule has 0 aliphatic carbocycles. The zero-order valence-electron chi connectivity index (χ0n) is 15.0. The van der Waals surface area contributed by atoms with Gasteiger partial charge in [0.15, 0.2) is 0 Å². The lowest BCUT2D eigenvalue weighted by Crippen LogP contribution is -2.31. The summed E-state index contributed by atoms with van der Waals surface area (Å²) in [4.78, 5) is 19.0. The Labute approximate surface area is 149 Å². The summed E-state index contributed by atoms with van der Waals surface area (Å²) in [5.74, 6) is 1.01. The molecule has 1 saturated heterocycles. The van der Waals surface area contributed by atoms with E-state index in [0.29, 0.717) is 6.54 Å². The van der Waals surface area contributed by atoms with E-state index in [1.807, 2.05) is 44.3 Å². The Morgan fingerprint density at radius 3 is 2.76 bits per heavy atom. The Bertz CT molecular complexity index is 738. The fourth-order valence-electron chi connectivity index (χ4n) is 3.10. The second-order valence-electron chi connectivity index (χ2n) is 6.63. The Hall–Kier alpha value is -2.56. The second-order valence-corrected chi connectivity index (χ2v) is 6.63. The molecule has 132 valence electrons. The normalized spacial score (nSPS) is 14.2. The Kier molecular flexibility index (Phi) is 5.53. The standard InChI is InChI=1S/C20H26N4O/c1-15-7-6-8-18(16(15)2)23-20(25)22-14-17-9-10-21-19(13-17)24-11-4-3-5-12-24/h6-10,13H,3-5,11-12,14H2,1-2H3,(H2,22,23,25). The van der Waals surface area contributed by atoms with Crippen molar-refractivity contribution in [2.24, 2.45) is 0 Å². The number of carbonyl (C=O) groups is 1. The molecule has 1 aliphatic rings. The maximum Gasteiger partial charge on any atom is 0.319 e. The predicted molar refractivity (Wildman–Crippen MR) is 102 cm³/mol. The molecule has 0 unspecified atom stereocenters. The average Bonchev–Trinajstić information content (AvgIpc) is 2.65. The summed E-state index contributed by atoms with van der Waals surface area (Å²) >= 11 is 0. The fraction of sp³-hybridized carbons (Fsp3) is 0.400. The number of carbonyl (C=O) groups excluding carboxylic acids is 1. The van der Waals surface area contributed by atoms with Crippen LogP contribution in [0.2, 0.25) is 0 Å². The van der Waals surface area contributed by atoms with Crippen LogP contribution in [0.1, 0.15) is 36.0 Å². The molecule has 1 aromatic carbocycles. The van der Waals surface area contributed by atoms with Gasteiger partial charge in [0.1, 0.15) is 5.82 Å². The number of amides is 2. The number of hydrogen-bond donors (Lipinski definition) is 2. The largest absolute Gasteiger partial charge is 0.357 e. The van der Waals surface area contributed by atoms with Gasteiger partial charge in [0.2, 0.25) is 0 Å². The number of pyridine rings is 1. The first-order valence-electron chi connectivity index (χ1n) is 8.94. The molecule has 0 saturated carbocycles. The third-order valence-electron chi connectivity index (χ3n) is 4.80. The van der Waals surface area contributed by atoms with Crippen LogP contribution in [0.4, 0.5) is 16.3 Å². The van der Waals surface area contributed by atoms with Gasteiger partial charge in [-0.2, -0.15) is 0 Å². The zero-order chi connectivity index (χ0) is 17.6. The van der Waals surface area contributed by atoms with E-state index in [9.17, 15) is 4.79 Å². The first-order valence-corrected chi connectivity index (χ1v) is 8.94. The van der Waals surface area contributed by atoms with Crippen molar-refractivity contribution in [2.45, 2.75) is 39.7 Å². The Morgan fingerprint density at radius 2 is 1.96 bits per heavy atom. The molecule has 25 heavy (non-hydrogen) atoms. The number of piperidine rings is 1. The molecule has 0 atom stereocenters. The van der Waals surface area contributed by atoms with Crippen molar-refractivity contribution in [3.05, 3.63) is 53.2 Å². The van der Waals surface area contributed by atoms with Crippen molar-refractivity contribution in [3.8, 4) is 0 Å². The fourth-order valence-corrected chi connectivity index (χ4v) is 3.10. The number of anilines is 2. The maximum atomic E-state index is 12.2. The van der Waals surface area contributed by atoms with Gasteiger partial charge in [0.05, 0.1) is 0 Å². The molecule has 5 nitrogen and oxygen atoms in total. The number of nitrogens with one attached hydrogen (secondary N) is 2. The Morgan fingerprint density at radius 1 is 1.16 bits per heavy atom. The lowest BCUT2D eigenvalue weighted by atomic mass is 10.1. The van der Waals surface area contributed by atoms with Crippen molar-refractivity contribution < 1.29 is 4.79 Å². The van der Waals surface area contributed by atoms with Crippen LogP contribution >= 0.6 is 0 Å². The summed E-state index contributed by atoms with van der Waals surface area (Å²) < 4.78 is 0. The summed E-state index contributed by atoms with van der Waals surface area (Å²) in [6.07, 6.45) is 5.57. The third kappa shape index (κ3) is 4.50. The number of rotatable bonds is 4. The number of aromatic nitrogens is 1. The van der Waals surface area contributed by atoms with Gasteiger partial charge >= 0.3 is 6.03 Å². The van der Waals surface area contributed by atoms with Crippen LogP contribution in [-0.4, -0.2) is 24.1 Å². The number of benzene rings is 1. The molecule has 0 spiro atoms. The third-order valence-corrected chi connectivity index (χ3v) is 4.80. The van der Waals surface area contributed by atoms with Crippen LogP contribution in [0.15, 0.2) is 36.5 Å². The average molecular weight is 338 g/mol. The van der Waals surface area contributed by atoms with Crippen LogP contribution in [0.25, 0.3) is 0 Å². The molecule has 2 amide bonds. The smallest absolute Gasteiger partial charge is 0.319 e. The van der Waals surface area contributed by atoms with E-state index in [1.54, 1.807) is 0 Å². The molecule has 3 rings (SSSR count). The summed E-state index contributed by atoms with van der Waals surface area (Å²) in [6, 6.07) is 9.74. The van der Waals surface area contributed by atoms with Gasteiger partial charge in [-0.15, -0.1) is 0 Å². The Balaban J connectivity index is 1.57. The topological polar surface area (TPSA) is 57.3 Å². The summed E-state index contributed by atoms with van der Waals surface area (Å²) in [5, 5.41) is 5.85. The maximum absolute atomic E-state index is 12.2. The van der Waals surface area contributed by atoms with Crippen molar-refractivity contribution in [1.29, 1.82) is 0 Å². The number of urea groups is 1. The van der Waals surface area contributed by atoms with E-state index in [-0.39, 0.29) is 6.03 Å². The summed E-state index contributed by atoms with van der Waals surface area (Å²) in [7, 11) is 0. The molecule has 2 heterocycles. The second kappa shape index (κ2) is 8.01. The lowest BCUT2D eigenvalue weighted by Gasteiger charge is -2.27. The SMILES string of the molecule is Cc1cccc(NC(=O)NCc2ccnc(N3CCCCC3)c2)c1C. The van der Waals surface area contributed by atoms with Gasteiger partial charge in [-0.1, -0.05) is 12.1 Å². The highest BCUT2D eigenvalue weighted by Gasteiger charge is 2.12. The molecule has 2 N–H and O–H groups in total. The van der Waals surface area contributed by atoms with Crippen molar-refractivity contribution in [1.82, 2.24) is 10.3 Å². The minimum absolute atomic E-state index is 0.190. The molecule has 1 fully saturated rings. The first kappa shape index (κ1) is 17.3. The highest BCUT2D eigenvalue weighted by atomic mass is 16.2. The van der Waals surface area contributed by atoms with Gasteiger partial charge in [0, 0.05) is 31.5 Å². The molecule has 1 aromatic heterocycles. The minimum atomic E-state index is -0.190. The number of hydrogen-bond acceptors (Lipinski definition) is 3.